The van der Waals surface area contributed by atoms with Gasteiger partial charge < -0.3 is 33.6 Å². The minimum atomic E-state index is -0.671. The van der Waals surface area contributed by atoms with E-state index in [2.05, 4.69) is 0 Å². The minimum Gasteiger partial charge on any atom is -0.490 e. The van der Waals surface area contributed by atoms with Crippen LogP contribution in [0.25, 0.3) is 0 Å². The van der Waals surface area contributed by atoms with Crippen LogP contribution in [0.3, 0.4) is 0 Å². The van der Waals surface area contributed by atoms with Gasteiger partial charge in [-0.1, -0.05) is 59.1 Å². The molecule has 0 radical (unpaired) electrons. The van der Waals surface area contributed by atoms with Crippen molar-refractivity contribution in [1.29, 1.82) is 0 Å². The van der Waals surface area contributed by atoms with Gasteiger partial charge in [-0.2, -0.15) is 0 Å². The van der Waals surface area contributed by atoms with Crippen molar-refractivity contribution in [2.45, 2.75) is 111 Å². The lowest BCUT2D eigenvalue weighted by atomic mass is 9.79. The second-order valence-electron chi connectivity index (χ2n) is 17.2. The van der Waals surface area contributed by atoms with E-state index in [4.69, 9.17) is 53.8 Å². The molecule has 13 heteroatoms. The topological polar surface area (TPSA) is 97.9 Å². The lowest BCUT2D eigenvalue weighted by molar-refractivity contribution is -0.139. The Morgan fingerprint density at radius 3 is 2.05 bits per heavy atom. The van der Waals surface area contributed by atoms with Gasteiger partial charge in [0.05, 0.1) is 16.0 Å². The molecule has 1 aliphatic heterocycles. The van der Waals surface area contributed by atoms with E-state index < -0.39 is 23.2 Å². The van der Waals surface area contributed by atoms with Crippen LogP contribution < -0.4 is 9.47 Å². The molecule has 58 heavy (non-hydrogen) atoms. The second kappa shape index (κ2) is 19.5. The summed E-state index contributed by atoms with van der Waals surface area (Å²) in [6, 6.07) is 17.3. The zero-order valence-electron chi connectivity index (χ0n) is 35.0. The SMILES string of the molecule is CCN(CCc1ccc(Cl)c(CN(C(=O)C2CN(C(=O)OC(C)(C)C)CCC2c2ccc(OCCOc3c(Cl)cc(C)cc3Cl)cc2)C2CC2)c1)C(=O)OC(C)(C)C. The van der Waals surface area contributed by atoms with E-state index in [1.807, 2.05) is 103 Å². The maximum Gasteiger partial charge on any atom is 0.410 e. The summed E-state index contributed by atoms with van der Waals surface area (Å²) in [5.41, 5.74) is 2.53. The quantitative estimate of drug-likeness (QED) is 0.149. The third-order valence-corrected chi connectivity index (χ3v) is 11.0. The van der Waals surface area contributed by atoms with Gasteiger partial charge in [0.1, 0.15) is 30.2 Å². The third kappa shape index (κ3) is 12.8. The first-order chi connectivity index (χ1) is 27.3. The van der Waals surface area contributed by atoms with Crippen molar-refractivity contribution >= 4 is 52.9 Å². The van der Waals surface area contributed by atoms with Gasteiger partial charge in [0, 0.05) is 43.8 Å². The summed E-state index contributed by atoms with van der Waals surface area (Å²) in [7, 11) is 0. The van der Waals surface area contributed by atoms with Gasteiger partial charge in [0.25, 0.3) is 0 Å². The Hall–Kier alpha value is -3.86. The molecule has 2 atom stereocenters. The molecule has 0 spiro atoms. The molecule has 3 amide bonds. The number of nitrogens with zero attached hydrogens (tertiary/aromatic N) is 3. The molecule has 2 fully saturated rings. The van der Waals surface area contributed by atoms with Gasteiger partial charge in [-0.05, 0) is 140 Å². The molecule has 1 heterocycles. The number of halogens is 3. The summed E-state index contributed by atoms with van der Waals surface area (Å²) in [5, 5.41) is 1.47. The van der Waals surface area contributed by atoms with Crippen molar-refractivity contribution in [1.82, 2.24) is 14.7 Å². The number of aryl methyl sites for hydroxylation is 1. The van der Waals surface area contributed by atoms with Crippen LogP contribution in [0, 0.1) is 12.8 Å². The molecule has 1 saturated heterocycles. The summed E-state index contributed by atoms with van der Waals surface area (Å²) in [4.78, 5) is 46.3. The van der Waals surface area contributed by atoms with E-state index in [1.54, 1.807) is 21.9 Å². The van der Waals surface area contributed by atoms with Crippen LogP contribution in [0.4, 0.5) is 9.59 Å². The molecule has 10 nitrogen and oxygen atoms in total. The van der Waals surface area contributed by atoms with Crippen LogP contribution in [0.15, 0.2) is 54.6 Å². The van der Waals surface area contributed by atoms with Crippen molar-refractivity contribution < 1.29 is 33.3 Å². The van der Waals surface area contributed by atoms with Crippen molar-refractivity contribution in [2.24, 2.45) is 5.92 Å². The molecule has 0 aromatic heterocycles. The van der Waals surface area contributed by atoms with Gasteiger partial charge in [0.2, 0.25) is 5.91 Å². The van der Waals surface area contributed by atoms with Crippen LogP contribution in [0.5, 0.6) is 11.5 Å². The normalized spacial score (nSPS) is 17.1. The molecular weight excluding hydrogens is 801 g/mol. The fourth-order valence-electron chi connectivity index (χ4n) is 7.08. The Morgan fingerprint density at radius 1 is 0.810 bits per heavy atom. The second-order valence-corrected chi connectivity index (χ2v) is 18.4. The molecule has 316 valence electrons. The van der Waals surface area contributed by atoms with Crippen molar-refractivity contribution in [3.8, 4) is 11.5 Å². The van der Waals surface area contributed by atoms with Crippen molar-refractivity contribution in [2.75, 3.05) is 39.4 Å². The van der Waals surface area contributed by atoms with Crippen molar-refractivity contribution in [3.63, 3.8) is 0 Å². The number of benzene rings is 3. The standard InChI is InChI=1S/C45H58Cl3N3O7/c1-9-49(42(53)57-44(3,4)5)20-18-30-10-17-37(46)32(26-30)27-51(33-13-14-33)41(52)36-28-50(43(54)58-45(6,7)8)21-19-35(36)31-11-15-34(16-12-31)55-22-23-56-40-38(47)24-29(2)25-39(40)48/h10-12,15-17,24-26,33,35-36H,9,13-14,18-23,27-28H2,1-8H3. The Labute approximate surface area is 359 Å². The highest BCUT2D eigenvalue weighted by molar-refractivity contribution is 6.37. The summed E-state index contributed by atoms with van der Waals surface area (Å²) < 4.78 is 23.2. The first-order valence-electron chi connectivity index (χ1n) is 20.2. The smallest absolute Gasteiger partial charge is 0.410 e. The van der Waals surface area contributed by atoms with Crippen LogP contribution in [0.2, 0.25) is 15.1 Å². The highest BCUT2D eigenvalue weighted by Gasteiger charge is 2.43. The van der Waals surface area contributed by atoms with Crippen molar-refractivity contribution in [3.05, 3.63) is 91.9 Å². The minimum absolute atomic E-state index is 0.0183. The number of rotatable bonds is 14. The van der Waals surface area contributed by atoms with E-state index in [9.17, 15) is 14.4 Å². The lowest BCUT2D eigenvalue weighted by Crippen LogP contribution is -2.51. The molecule has 1 saturated carbocycles. The first-order valence-corrected chi connectivity index (χ1v) is 21.3. The van der Waals surface area contributed by atoms with Crippen LogP contribution >= 0.6 is 34.8 Å². The molecule has 2 aliphatic rings. The molecule has 0 bridgehead atoms. The number of hydrogen-bond acceptors (Lipinski definition) is 7. The number of ether oxygens (including phenoxy) is 4. The zero-order valence-corrected chi connectivity index (χ0v) is 37.3. The van der Waals surface area contributed by atoms with E-state index in [0.29, 0.717) is 65.6 Å². The number of likely N-dealkylation sites (N-methyl/N-ethyl adjacent to an activating group) is 1. The highest BCUT2D eigenvalue weighted by Crippen LogP contribution is 2.39. The third-order valence-electron chi connectivity index (χ3n) is 10.1. The number of piperidine rings is 1. The van der Waals surface area contributed by atoms with E-state index in [-0.39, 0.29) is 43.7 Å². The largest absolute Gasteiger partial charge is 0.490 e. The van der Waals surface area contributed by atoms with Gasteiger partial charge >= 0.3 is 12.2 Å². The maximum atomic E-state index is 14.9. The Kier molecular flexibility index (Phi) is 15.2. The zero-order chi connectivity index (χ0) is 42.4. The predicted octanol–water partition coefficient (Wildman–Crippen LogP) is 10.7. The van der Waals surface area contributed by atoms with E-state index >= 15 is 0 Å². The van der Waals surface area contributed by atoms with Gasteiger partial charge in [-0.3, -0.25) is 4.79 Å². The maximum absolute atomic E-state index is 14.9. The number of amides is 3. The Bertz CT molecular complexity index is 1880. The van der Waals surface area contributed by atoms with Crippen LogP contribution in [-0.4, -0.2) is 89.4 Å². The van der Waals surface area contributed by atoms with E-state index in [0.717, 1.165) is 35.1 Å². The Balaban J connectivity index is 1.31. The summed E-state index contributed by atoms with van der Waals surface area (Å²) in [5.74, 6) is 0.403. The van der Waals surface area contributed by atoms with Gasteiger partial charge in [-0.15, -0.1) is 0 Å². The fraction of sp³-hybridized carbons (Fsp3) is 0.533. The molecule has 2 unspecified atom stereocenters. The first kappa shape index (κ1) is 45.2. The molecule has 5 rings (SSSR count). The average molecular weight is 859 g/mol. The predicted molar refractivity (Wildman–Crippen MR) is 229 cm³/mol. The molecule has 3 aromatic rings. The van der Waals surface area contributed by atoms with Crippen LogP contribution in [0.1, 0.15) is 95.9 Å². The number of likely N-dealkylation sites (tertiary alicyclic amines) is 1. The molecule has 1 aliphatic carbocycles. The highest BCUT2D eigenvalue weighted by atomic mass is 35.5. The summed E-state index contributed by atoms with van der Waals surface area (Å²) >= 11 is 19.5. The number of carbonyl (C=O) groups is 3. The Morgan fingerprint density at radius 2 is 1.45 bits per heavy atom. The summed E-state index contributed by atoms with van der Waals surface area (Å²) in [6.07, 6.45) is 2.21. The van der Waals surface area contributed by atoms with Gasteiger partial charge in [-0.25, -0.2) is 9.59 Å². The number of carbonyl (C=O) groups excluding carboxylic acids is 3. The monoisotopic (exact) mass is 857 g/mol. The van der Waals surface area contributed by atoms with Crippen LogP contribution in [-0.2, 0) is 27.2 Å². The molecular formula is C45H58Cl3N3O7. The van der Waals surface area contributed by atoms with E-state index in [1.165, 1.54) is 0 Å². The fourth-order valence-corrected chi connectivity index (χ4v) is 7.96. The van der Waals surface area contributed by atoms with Gasteiger partial charge in [0.15, 0.2) is 5.75 Å². The number of hydrogen-bond donors (Lipinski definition) is 0. The molecule has 3 aromatic carbocycles. The average Bonchev–Trinajstić information content (AvgIpc) is 3.98. The summed E-state index contributed by atoms with van der Waals surface area (Å²) in [6.45, 7) is 17.5. The lowest BCUT2D eigenvalue weighted by Gasteiger charge is -2.40. The molecule has 0 N–H and O–H groups in total.